The van der Waals surface area contributed by atoms with Gasteiger partial charge in [0.25, 0.3) is 23.4 Å². The maximum atomic E-state index is 14.0. The first-order chi connectivity index (χ1) is 23.2. The van der Waals surface area contributed by atoms with Crippen molar-refractivity contribution in [1.29, 1.82) is 0 Å². The summed E-state index contributed by atoms with van der Waals surface area (Å²) in [7, 11) is 1.62. The number of hydrogen-bond acceptors (Lipinski definition) is 10. The minimum absolute atomic E-state index is 0.0104. The van der Waals surface area contributed by atoms with Crippen LogP contribution in [0.25, 0.3) is 0 Å². The number of hydrogen-bond donors (Lipinski definition) is 1. The van der Waals surface area contributed by atoms with E-state index in [1.807, 2.05) is 27.7 Å². The molecule has 2 aliphatic rings. The molecule has 4 rings (SSSR count). The van der Waals surface area contributed by atoms with Crippen LogP contribution in [0.1, 0.15) is 93.0 Å². The molecule has 0 bridgehead atoms. The fourth-order valence-electron chi connectivity index (χ4n) is 6.40. The highest BCUT2D eigenvalue weighted by Gasteiger charge is 2.43. The number of non-ortho nitro benzene ring substituents is 1. The fourth-order valence-corrected chi connectivity index (χ4v) is 6.40. The Labute approximate surface area is 285 Å². The molecule has 13 nitrogen and oxygen atoms in total. The van der Waals surface area contributed by atoms with Crippen LogP contribution in [0.15, 0.2) is 24.3 Å². The van der Waals surface area contributed by atoms with E-state index in [0.29, 0.717) is 35.6 Å². The maximum absolute atomic E-state index is 14.0. The van der Waals surface area contributed by atoms with Crippen LogP contribution < -0.4 is 14.8 Å². The highest BCUT2D eigenvalue weighted by molar-refractivity contribution is 6.02. The van der Waals surface area contributed by atoms with E-state index < -0.39 is 52.0 Å². The Balaban J connectivity index is 1.60. The predicted octanol–water partition coefficient (Wildman–Crippen LogP) is 5.10. The van der Waals surface area contributed by atoms with Gasteiger partial charge in [-0.25, -0.2) is 4.79 Å². The highest BCUT2D eigenvalue weighted by Crippen LogP contribution is 2.43. The normalized spacial score (nSPS) is 18.3. The zero-order valence-electron chi connectivity index (χ0n) is 29.0. The van der Waals surface area contributed by atoms with Crippen molar-refractivity contribution in [3.63, 3.8) is 0 Å². The Kier molecular flexibility index (Phi) is 11.8. The number of fused-ring (bicyclic) bond motifs is 1. The number of carbonyl (C=O) groups is 5. The molecule has 0 saturated carbocycles. The van der Waals surface area contributed by atoms with Crippen molar-refractivity contribution in [2.24, 2.45) is 5.92 Å². The lowest BCUT2D eigenvalue weighted by atomic mass is 9.86. The van der Waals surface area contributed by atoms with E-state index in [4.69, 9.17) is 14.3 Å². The van der Waals surface area contributed by atoms with Crippen molar-refractivity contribution in [1.82, 2.24) is 10.4 Å². The van der Waals surface area contributed by atoms with E-state index in [1.165, 1.54) is 24.3 Å². The molecule has 3 atom stereocenters. The largest absolute Gasteiger partial charge is 0.496 e. The Morgan fingerprint density at radius 1 is 1.02 bits per heavy atom. The van der Waals surface area contributed by atoms with Gasteiger partial charge in [-0.2, -0.15) is 0 Å². The van der Waals surface area contributed by atoms with Gasteiger partial charge < -0.3 is 19.6 Å². The van der Waals surface area contributed by atoms with Gasteiger partial charge in [0.1, 0.15) is 11.5 Å². The average Bonchev–Trinajstić information content (AvgIpc) is 3.39. The van der Waals surface area contributed by atoms with Crippen LogP contribution in [0.5, 0.6) is 11.5 Å². The molecule has 3 amide bonds. The Hall–Kier alpha value is -4.81. The van der Waals surface area contributed by atoms with Crippen LogP contribution in [-0.2, 0) is 41.7 Å². The molecule has 1 fully saturated rings. The van der Waals surface area contributed by atoms with Gasteiger partial charge >= 0.3 is 5.97 Å². The zero-order valence-corrected chi connectivity index (χ0v) is 29.0. The lowest BCUT2D eigenvalue weighted by Gasteiger charge is -2.37. The van der Waals surface area contributed by atoms with E-state index in [-0.39, 0.29) is 37.8 Å². The number of unbranched alkanes of at least 4 members (excludes halogenated alkanes) is 2. The molecule has 13 heteroatoms. The number of amides is 3. The third-order valence-electron chi connectivity index (χ3n) is 9.58. The molecule has 0 aliphatic carbocycles. The second-order valence-corrected chi connectivity index (χ2v) is 13.1. The number of hydroxylamine groups is 2. The summed E-state index contributed by atoms with van der Waals surface area (Å²) in [5.41, 5.74) is 2.72. The molecule has 0 radical (unpaired) electrons. The van der Waals surface area contributed by atoms with Gasteiger partial charge in [0.15, 0.2) is 11.4 Å². The number of methoxy groups -OCH3 is 1. The van der Waals surface area contributed by atoms with Crippen LogP contribution >= 0.6 is 0 Å². The molecule has 1 N–H and O–H groups in total. The summed E-state index contributed by atoms with van der Waals surface area (Å²) in [6.45, 7) is 9.44. The molecule has 2 heterocycles. The molecule has 0 spiro atoms. The Bertz CT molecular complexity index is 1620. The molecular weight excluding hydrogens is 634 g/mol. The van der Waals surface area contributed by atoms with Crippen molar-refractivity contribution in [3.8, 4) is 11.5 Å². The minimum Gasteiger partial charge on any atom is -0.496 e. The summed E-state index contributed by atoms with van der Waals surface area (Å²) in [6, 6.07) is 4.53. The fraction of sp³-hybridized carbons (Fsp3) is 0.528. The molecule has 264 valence electrons. The molecule has 1 saturated heterocycles. The summed E-state index contributed by atoms with van der Waals surface area (Å²) in [5, 5.41) is 14.6. The van der Waals surface area contributed by atoms with E-state index in [2.05, 4.69) is 5.32 Å². The topological polar surface area (TPSA) is 171 Å². The van der Waals surface area contributed by atoms with E-state index in [1.54, 1.807) is 14.0 Å². The maximum Gasteiger partial charge on any atom is 0.336 e. The number of ketones is 1. The van der Waals surface area contributed by atoms with Crippen LogP contribution in [0.3, 0.4) is 0 Å². The highest BCUT2D eigenvalue weighted by atomic mass is 16.7. The Morgan fingerprint density at radius 2 is 1.67 bits per heavy atom. The molecule has 1 unspecified atom stereocenters. The molecule has 2 aromatic carbocycles. The zero-order chi connectivity index (χ0) is 36.0. The van der Waals surface area contributed by atoms with Gasteiger partial charge in [-0.05, 0) is 69.2 Å². The van der Waals surface area contributed by atoms with Gasteiger partial charge in [-0.3, -0.25) is 29.3 Å². The van der Waals surface area contributed by atoms with Crippen molar-refractivity contribution >= 4 is 35.2 Å². The van der Waals surface area contributed by atoms with Crippen LogP contribution in [0.4, 0.5) is 5.69 Å². The Morgan fingerprint density at radius 3 is 2.27 bits per heavy atom. The smallest absolute Gasteiger partial charge is 0.336 e. The molecule has 2 aromatic rings. The molecule has 2 aliphatic heterocycles. The summed E-state index contributed by atoms with van der Waals surface area (Å²) < 4.78 is 12.1. The van der Waals surface area contributed by atoms with Crippen molar-refractivity contribution in [3.05, 3.63) is 62.2 Å². The van der Waals surface area contributed by atoms with Crippen LogP contribution in [0.2, 0.25) is 0 Å². The molecule has 49 heavy (non-hydrogen) atoms. The monoisotopic (exact) mass is 679 g/mol. The number of Topliss-reactive ketones (excluding diaryl/α,β-unsaturated/α-hetero) is 1. The number of carbonyl (C=O) groups excluding carboxylic acids is 5. The van der Waals surface area contributed by atoms with Gasteiger partial charge in [-0.1, -0.05) is 38.3 Å². The summed E-state index contributed by atoms with van der Waals surface area (Å²) in [4.78, 5) is 81.5. The van der Waals surface area contributed by atoms with E-state index in [9.17, 15) is 34.1 Å². The second-order valence-electron chi connectivity index (χ2n) is 13.1. The minimum atomic E-state index is -1.34. The van der Waals surface area contributed by atoms with Gasteiger partial charge in [0.2, 0.25) is 0 Å². The van der Waals surface area contributed by atoms with Crippen LogP contribution in [0, 0.1) is 36.8 Å². The first-order valence-corrected chi connectivity index (χ1v) is 16.7. The lowest BCUT2D eigenvalue weighted by molar-refractivity contribution is -0.384. The standard InChI is InChI=1S/C36H45N3O10/c1-7-8-9-10-25(34(43)49-38-30(41)15-16-31(38)42)20-29(40)28(19-24-11-13-26(14-12-24)39(45)46)37-35(44)36(5)18-17-27-23(4)32(47-6)21(2)22(3)33(27)48-36/h11-14,25,28H,7-10,15-20H2,1-6H3,(H,37,44)/t25-,28+,36?/m1/s1. The number of benzene rings is 2. The van der Waals surface area contributed by atoms with Crippen molar-refractivity contribution < 1.29 is 43.2 Å². The molecular formula is C36H45N3O10. The summed E-state index contributed by atoms with van der Waals surface area (Å²) in [5.74, 6) is -2.73. The predicted molar refractivity (Wildman–Crippen MR) is 178 cm³/mol. The average molecular weight is 680 g/mol. The number of imide groups is 1. The lowest BCUT2D eigenvalue weighted by Crippen LogP contribution is -2.56. The third kappa shape index (κ3) is 8.26. The quantitative estimate of drug-likeness (QED) is 0.116. The second kappa shape index (κ2) is 15.6. The number of rotatable bonds is 15. The number of nitrogens with one attached hydrogen (secondary N) is 1. The van der Waals surface area contributed by atoms with Crippen molar-refractivity contribution in [2.45, 2.75) is 110 Å². The first-order valence-electron chi connectivity index (χ1n) is 16.7. The molecule has 0 aromatic heterocycles. The SMILES string of the molecule is CCCCC[C@H](CC(=O)[C@H](Cc1ccc([N+](=O)[O-])cc1)NC(=O)C1(C)CCc2c(C)c(OC)c(C)c(C)c2O1)C(=O)ON1C(=O)CCC1=O. The van der Waals surface area contributed by atoms with Gasteiger partial charge in [0.05, 0.1) is 24.0 Å². The summed E-state index contributed by atoms with van der Waals surface area (Å²) >= 11 is 0. The van der Waals surface area contributed by atoms with E-state index >= 15 is 0 Å². The summed E-state index contributed by atoms with van der Waals surface area (Å²) in [6.07, 6.45) is 2.89. The van der Waals surface area contributed by atoms with Crippen LogP contribution in [-0.4, -0.2) is 58.2 Å². The van der Waals surface area contributed by atoms with Crippen molar-refractivity contribution in [2.75, 3.05) is 7.11 Å². The number of nitrogens with zero attached hydrogens (tertiary/aromatic N) is 2. The van der Waals surface area contributed by atoms with Gasteiger partial charge in [-0.15, -0.1) is 5.06 Å². The van der Waals surface area contributed by atoms with E-state index in [0.717, 1.165) is 40.8 Å². The third-order valence-corrected chi connectivity index (χ3v) is 9.58. The first kappa shape index (κ1) is 37.0. The number of nitro groups is 1. The number of nitro benzene ring substituents is 1. The number of ether oxygens (including phenoxy) is 2. The van der Waals surface area contributed by atoms with Gasteiger partial charge in [0, 0.05) is 43.4 Å².